The number of anilines is 1. The van der Waals surface area contributed by atoms with Gasteiger partial charge >= 0.3 is 0 Å². The Kier molecular flexibility index (Phi) is 7.36. The van der Waals surface area contributed by atoms with Gasteiger partial charge in [0.1, 0.15) is 5.75 Å². The van der Waals surface area contributed by atoms with E-state index >= 15 is 0 Å². The van der Waals surface area contributed by atoms with Gasteiger partial charge in [0.05, 0.1) is 6.61 Å². The topological polar surface area (TPSA) is 68.0 Å². The second kappa shape index (κ2) is 8.79. The van der Waals surface area contributed by atoms with Gasteiger partial charge in [0.2, 0.25) is 0 Å². The fourth-order valence-electron chi connectivity index (χ4n) is 2.09. The molecule has 5 heteroatoms. The number of aromatic hydroxyl groups is 1. The summed E-state index contributed by atoms with van der Waals surface area (Å²) in [5.74, 6) is 0.242. The third-order valence-corrected chi connectivity index (χ3v) is 3.21. The van der Waals surface area contributed by atoms with Crippen molar-refractivity contribution in [3.05, 3.63) is 23.8 Å². The van der Waals surface area contributed by atoms with Gasteiger partial charge in [-0.1, -0.05) is 6.07 Å². The minimum Gasteiger partial charge on any atom is -0.508 e. The molecule has 1 unspecified atom stereocenters. The average Bonchev–Trinajstić information content (AvgIpc) is 2.42. The van der Waals surface area contributed by atoms with Crippen LogP contribution in [0.15, 0.2) is 18.2 Å². The molecule has 114 valence electrons. The highest BCUT2D eigenvalue weighted by atomic mass is 16.5. The maximum atomic E-state index is 10.0. The summed E-state index contributed by atoms with van der Waals surface area (Å²) in [7, 11) is 3.38. The van der Waals surface area contributed by atoms with Crippen LogP contribution in [0.25, 0.3) is 0 Å². The lowest BCUT2D eigenvalue weighted by atomic mass is 10.1. The van der Waals surface area contributed by atoms with Crippen molar-refractivity contribution in [2.24, 2.45) is 5.73 Å². The quantitative estimate of drug-likeness (QED) is 0.677. The number of nitrogens with zero attached hydrogens (tertiary/aromatic N) is 1. The number of nitrogens with two attached hydrogens (primary N) is 1. The Morgan fingerprint density at radius 3 is 2.45 bits per heavy atom. The van der Waals surface area contributed by atoms with Crippen molar-refractivity contribution in [2.45, 2.75) is 19.4 Å². The van der Waals surface area contributed by atoms with Crippen LogP contribution >= 0.6 is 0 Å². The molecular weight excluding hydrogens is 256 g/mol. The molecule has 0 saturated heterocycles. The van der Waals surface area contributed by atoms with Crippen molar-refractivity contribution in [2.75, 3.05) is 45.4 Å². The maximum absolute atomic E-state index is 10.0. The Hall–Kier alpha value is -1.30. The lowest BCUT2D eigenvalue weighted by molar-refractivity contribution is 0.191. The van der Waals surface area contributed by atoms with Gasteiger partial charge in [0.15, 0.2) is 0 Å². The molecule has 0 bridgehead atoms. The summed E-state index contributed by atoms with van der Waals surface area (Å²) >= 11 is 0. The number of phenolic OH excluding ortho intramolecular Hbond substituents is 1. The number of ether oxygens (including phenoxy) is 2. The van der Waals surface area contributed by atoms with Gasteiger partial charge in [0.25, 0.3) is 0 Å². The summed E-state index contributed by atoms with van der Waals surface area (Å²) in [4.78, 5) is 2.17. The smallest absolute Gasteiger partial charge is 0.122 e. The van der Waals surface area contributed by atoms with Crippen molar-refractivity contribution in [3.63, 3.8) is 0 Å². The van der Waals surface area contributed by atoms with Gasteiger partial charge in [-0.05, 0) is 19.4 Å². The van der Waals surface area contributed by atoms with E-state index in [0.717, 1.165) is 30.8 Å². The number of hydrogen-bond acceptors (Lipinski definition) is 5. The molecule has 0 fully saturated rings. The van der Waals surface area contributed by atoms with Crippen LogP contribution in [0, 0.1) is 0 Å². The molecule has 20 heavy (non-hydrogen) atoms. The molecule has 0 aliphatic heterocycles. The highest BCUT2D eigenvalue weighted by Gasteiger charge is 2.11. The van der Waals surface area contributed by atoms with Crippen LogP contribution in [0.5, 0.6) is 5.75 Å². The minimum absolute atomic E-state index is 0.176. The Labute approximate surface area is 121 Å². The summed E-state index contributed by atoms with van der Waals surface area (Å²) in [5.41, 5.74) is 7.54. The van der Waals surface area contributed by atoms with E-state index in [2.05, 4.69) is 4.90 Å². The third-order valence-electron chi connectivity index (χ3n) is 3.21. The maximum Gasteiger partial charge on any atom is 0.122 e. The van der Waals surface area contributed by atoms with Crippen molar-refractivity contribution in [1.82, 2.24) is 0 Å². The number of methoxy groups -OCH3 is 2. The number of hydrogen-bond donors (Lipinski definition) is 2. The zero-order valence-electron chi connectivity index (χ0n) is 12.6. The molecule has 1 aromatic carbocycles. The van der Waals surface area contributed by atoms with Crippen molar-refractivity contribution in [1.29, 1.82) is 0 Å². The predicted octanol–water partition coefficient (Wildman–Crippen LogP) is 1.90. The summed E-state index contributed by atoms with van der Waals surface area (Å²) < 4.78 is 10.2. The van der Waals surface area contributed by atoms with E-state index in [1.54, 1.807) is 20.3 Å². The van der Waals surface area contributed by atoms with Gasteiger partial charge in [-0.3, -0.25) is 0 Å². The monoisotopic (exact) mass is 282 g/mol. The van der Waals surface area contributed by atoms with Gasteiger partial charge in [-0.25, -0.2) is 0 Å². The van der Waals surface area contributed by atoms with Gasteiger partial charge in [-0.15, -0.1) is 0 Å². The molecule has 0 radical (unpaired) electrons. The van der Waals surface area contributed by atoms with Crippen LogP contribution in [0.4, 0.5) is 5.69 Å². The van der Waals surface area contributed by atoms with Crippen LogP contribution in [-0.4, -0.2) is 45.6 Å². The molecule has 0 aromatic heterocycles. The minimum atomic E-state index is -0.176. The first-order valence-corrected chi connectivity index (χ1v) is 6.91. The molecule has 1 atom stereocenters. The summed E-state index contributed by atoms with van der Waals surface area (Å²) in [5, 5.41) is 10.0. The molecular formula is C15H26N2O3. The molecule has 0 aliphatic carbocycles. The standard InChI is InChI=1S/C15H26N2O3/c1-12(16)14-6-5-13(11-15(14)18)17(8-10-20-3)7-4-9-19-2/h5-6,11-12,18H,4,7-10,16H2,1-3H3. The molecule has 0 spiro atoms. The molecule has 0 heterocycles. The van der Waals surface area contributed by atoms with E-state index in [0.29, 0.717) is 13.2 Å². The molecule has 1 aromatic rings. The zero-order valence-corrected chi connectivity index (χ0v) is 12.6. The zero-order chi connectivity index (χ0) is 15.0. The van der Waals surface area contributed by atoms with E-state index in [9.17, 15) is 5.11 Å². The second-order valence-corrected chi connectivity index (χ2v) is 4.86. The lowest BCUT2D eigenvalue weighted by Crippen LogP contribution is -2.29. The van der Waals surface area contributed by atoms with Crippen LogP contribution in [0.1, 0.15) is 24.9 Å². The first-order valence-electron chi connectivity index (χ1n) is 6.91. The normalized spacial score (nSPS) is 12.4. The summed E-state index contributed by atoms with van der Waals surface area (Å²) in [6.45, 7) is 4.84. The summed E-state index contributed by atoms with van der Waals surface area (Å²) in [6, 6.07) is 5.46. The number of rotatable bonds is 9. The van der Waals surface area contributed by atoms with E-state index < -0.39 is 0 Å². The fraction of sp³-hybridized carbons (Fsp3) is 0.600. The van der Waals surface area contributed by atoms with Gasteiger partial charge in [0, 0.05) is 57.3 Å². The highest BCUT2D eigenvalue weighted by molar-refractivity contribution is 5.54. The Morgan fingerprint density at radius 2 is 1.90 bits per heavy atom. The average molecular weight is 282 g/mol. The number of benzene rings is 1. The molecule has 3 N–H and O–H groups in total. The third kappa shape index (κ3) is 5.00. The molecule has 0 amide bonds. The summed E-state index contributed by atoms with van der Waals surface area (Å²) in [6.07, 6.45) is 0.927. The van der Waals surface area contributed by atoms with Crippen LogP contribution in [0.3, 0.4) is 0 Å². The van der Waals surface area contributed by atoms with Crippen LogP contribution in [-0.2, 0) is 9.47 Å². The second-order valence-electron chi connectivity index (χ2n) is 4.86. The fourth-order valence-corrected chi connectivity index (χ4v) is 2.09. The Morgan fingerprint density at radius 1 is 1.20 bits per heavy atom. The van der Waals surface area contributed by atoms with Crippen LogP contribution < -0.4 is 10.6 Å². The van der Waals surface area contributed by atoms with E-state index in [1.165, 1.54) is 0 Å². The predicted molar refractivity (Wildman–Crippen MR) is 81.3 cm³/mol. The van der Waals surface area contributed by atoms with E-state index in [1.807, 2.05) is 19.1 Å². The molecule has 0 saturated carbocycles. The van der Waals surface area contributed by atoms with Crippen LogP contribution in [0.2, 0.25) is 0 Å². The highest BCUT2D eigenvalue weighted by Crippen LogP contribution is 2.28. The Balaban J connectivity index is 2.80. The van der Waals surface area contributed by atoms with Gasteiger partial charge in [-0.2, -0.15) is 0 Å². The first-order chi connectivity index (χ1) is 9.60. The first kappa shape index (κ1) is 16.8. The molecule has 5 nitrogen and oxygen atoms in total. The van der Waals surface area contributed by atoms with Crippen molar-refractivity contribution < 1.29 is 14.6 Å². The van der Waals surface area contributed by atoms with Crippen molar-refractivity contribution in [3.8, 4) is 5.75 Å². The van der Waals surface area contributed by atoms with Crippen molar-refractivity contribution >= 4 is 5.69 Å². The van der Waals surface area contributed by atoms with E-state index in [-0.39, 0.29) is 11.8 Å². The van der Waals surface area contributed by atoms with Gasteiger partial charge < -0.3 is 25.2 Å². The lowest BCUT2D eigenvalue weighted by Gasteiger charge is -2.25. The number of phenols is 1. The SMILES string of the molecule is COCCCN(CCOC)c1ccc(C(C)N)c(O)c1. The molecule has 1 rings (SSSR count). The molecule has 0 aliphatic rings. The Bertz CT molecular complexity index is 397. The van der Waals surface area contributed by atoms with E-state index in [4.69, 9.17) is 15.2 Å². The largest absolute Gasteiger partial charge is 0.508 e.